The van der Waals surface area contributed by atoms with Crippen molar-refractivity contribution in [3.8, 4) is 11.4 Å². The number of anilines is 2. The summed E-state index contributed by atoms with van der Waals surface area (Å²) in [5.74, 6) is -0.161. The largest absolute Gasteiger partial charge is 0.324 e. The zero-order valence-corrected chi connectivity index (χ0v) is 19.6. The van der Waals surface area contributed by atoms with Gasteiger partial charge in [0.2, 0.25) is 17.6 Å². The smallest absolute Gasteiger partial charge is 0.248 e. The molecule has 0 fully saturated rings. The molecule has 0 bridgehead atoms. The van der Waals surface area contributed by atoms with Gasteiger partial charge in [0, 0.05) is 16.9 Å². The van der Waals surface area contributed by atoms with Gasteiger partial charge in [-0.3, -0.25) is 14.3 Å². The fourth-order valence-electron chi connectivity index (χ4n) is 3.42. The van der Waals surface area contributed by atoms with Crippen molar-refractivity contribution >= 4 is 34.8 Å². The molecule has 10 nitrogen and oxygen atoms in total. The number of nitrogens with zero attached hydrogens (tertiary/aromatic N) is 6. The first-order valence-corrected chi connectivity index (χ1v) is 10.9. The highest BCUT2D eigenvalue weighted by Crippen LogP contribution is 2.26. The van der Waals surface area contributed by atoms with Gasteiger partial charge >= 0.3 is 0 Å². The van der Waals surface area contributed by atoms with Gasteiger partial charge < -0.3 is 10.6 Å². The molecule has 2 aromatic heterocycles. The molecule has 0 aliphatic carbocycles. The van der Waals surface area contributed by atoms with Crippen molar-refractivity contribution in [2.45, 2.75) is 33.4 Å². The highest BCUT2D eigenvalue weighted by Gasteiger charge is 2.19. The third-order valence-corrected chi connectivity index (χ3v) is 5.38. The molecule has 0 aliphatic rings. The van der Waals surface area contributed by atoms with Gasteiger partial charge in [-0.05, 0) is 50.3 Å². The molecule has 4 aromatic rings. The van der Waals surface area contributed by atoms with E-state index in [4.69, 9.17) is 11.6 Å². The number of rotatable bonds is 7. The number of tetrazole rings is 1. The predicted octanol–water partition coefficient (Wildman–Crippen LogP) is 3.65. The number of aromatic nitrogens is 6. The van der Waals surface area contributed by atoms with Gasteiger partial charge in [-0.25, -0.2) is 0 Å². The molecular formula is C23H23ClN8O2. The van der Waals surface area contributed by atoms with Gasteiger partial charge in [0.05, 0.1) is 16.4 Å². The van der Waals surface area contributed by atoms with Crippen LogP contribution in [-0.2, 0) is 16.1 Å². The second kappa shape index (κ2) is 9.84. The van der Waals surface area contributed by atoms with E-state index in [1.54, 1.807) is 29.8 Å². The van der Waals surface area contributed by atoms with Gasteiger partial charge in [-0.15, -0.1) is 10.2 Å². The van der Waals surface area contributed by atoms with E-state index in [1.807, 2.05) is 50.2 Å². The van der Waals surface area contributed by atoms with Crippen LogP contribution in [0.15, 0.2) is 54.6 Å². The van der Waals surface area contributed by atoms with Crippen LogP contribution in [0.4, 0.5) is 11.4 Å². The van der Waals surface area contributed by atoms with Crippen molar-refractivity contribution in [1.82, 2.24) is 30.0 Å². The molecule has 2 heterocycles. The highest BCUT2D eigenvalue weighted by molar-refractivity contribution is 6.34. The molecule has 4 rings (SSSR count). The summed E-state index contributed by atoms with van der Waals surface area (Å²) in [5.41, 5.74) is 3.45. The number of nitrogens with one attached hydrogen (secondary N) is 2. The summed E-state index contributed by atoms with van der Waals surface area (Å²) in [7, 11) is 0. The molecular weight excluding hydrogens is 456 g/mol. The summed E-state index contributed by atoms with van der Waals surface area (Å²) in [5, 5.41) is 22.3. The minimum atomic E-state index is -0.514. The first-order chi connectivity index (χ1) is 16.3. The first-order valence-electron chi connectivity index (χ1n) is 10.6. The summed E-state index contributed by atoms with van der Waals surface area (Å²) in [6.07, 6.45) is 0. The molecule has 0 spiro atoms. The second-order valence-corrected chi connectivity index (χ2v) is 8.20. The zero-order valence-electron chi connectivity index (χ0n) is 18.9. The van der Waals surface area contributed by atoms with E-state index < -0.39 is 6.04 Å². The fraction of sp³-hybridized carbons (Fsp3) is 0.217. The molecule has 34 heavy (non-hydrogen) atoms. The molecule has 174 valence electrons. The number of aryl methyl sites for hydroxylation is 2. The van der Waals surface area contributed by atoms with Crippen LogP contribution in [-0.4, -0.2) is 41.8 Å². The molecule has 0 radical (unpaired) electrons. The lowest BCUT2D eigenvalue weighted by atomic mass is 10.2. The molecule has 2 N–H and O–H groups in total. The van der Waals surface area contributed by atoms with Crippen LogP contribution in [0.3, 0.4) is 0 Å². The van der Waals surface area contributed by atoms with Crippen molar-refractivity contribution in [2.24, 2.45) is 0 Å². The Morgan fingerprint density at radius 2 is 1.79 bits per heavy atom. The summed E-state index contributed by atoms with van der Waals surface area (Å²) in [4.78, 5) is 26.3. The van der Waals surface area contributed by atoms with Crippen LogP contribution in [0, 0.1) is 13.8 Å². The summed E-state index contributed by atoms with van der Waals surface area (Å²) in [6.45, 7) is 5.42. The van der Waals surface area contributed by atoms with Crippen LogP contribution in [0.1, 0.15) is 24.4 Å². The maximum atomic E-state index is 12.7. The Bertz CT molecular complexity index is 1330. The van der Waals surface area contributed by atoms with Crippen LogP contribution in [0.5, 0.6) is 0 Å². The van der Waals surface area contributed by atoms with Crippen molar-refractivity contribution in [1.29, 1.82) is 0 Å². The van der Waals surface area contributed by atoms with E-state index in [2.05, 4.69) is 31.1 Å². The summed E-state index contributed by atoms with van der Waals surface area (Å²) >= 11 is 6.35. The van der Waals surface area contributed by atoms with Gasteiger partial charge in [0.15, 0.2) is 0 Å². The molecule has 1 atom stereocenters. The van der Waals surface area contributed by atoms with Crippen LogP contribution in [0.25, 0.3) is 11.4 Å². The summed E-state index contributed by atoms with van der Waals surface area (Å²) in [6, 6.07) is 15.6. The van der Waals surface area contributed by atoms with E-state index >= 15 is 0 Å². The fourth-order valence-corrected chi connectivity index (χ4v) is 3.65. The van der Waals surface area contributed by atoms with E-state index in [0.29, 0.717) is 17.2 Å². The van der Waals surface area contributed by atoms with Crippen molar-refractivity contribution < 1.29 is 9.59 Å². The Hall–Kier alpha value is -4.05. The molecule has 1 unspecified atom stereocenters. The first kappa shape index (κ1) is 23.1. The van der Waals surface area contributed by atoms with E-state index in [-0.39, 0.29) is 23.4 Å². The van der Waals surface area contributed by atoms with Crippen molar-refractivity contribution in [3.05, 3.63) is 71.0 Å². The van der Waals surface area contributed by atoms with Gasteiger partial charge in [-0.1, -0.05) is 41.9 Å². The van der Waals surface area contributed by atoms with E-state index in [0.717, 1.165) is 17.0 Å². The monoisotopic (exact) mass is 478 g/mol. The number of hydrogen-bond acceptors (Lipinski definition) is 6. The number of carbonyl (C=O) groups excluding carboxylic acids is 2. The number of hydrogen-bond donors (Lipinski definition) is 2. The molecule has 2 amide bonds. The zero-order chi connectivity index (χ0) is 24.2. The average molecular weight is 479 g/mol. The number of amides is 2. The Labute approximate surface area is 200 Å². The van der Waals surface area contributed by atoms with Gasteiger partial charge in [0.25, 0.3) is 0 Å². The quantitative estimate of drug-likeness (QED) is 0.418. The lowest BCUT2D eigenvalue weighted by molar-refractivity contribution is -0.119. The van der Waals surface area contributed by atoms with Crippen molar-refractivity contribution in [2.75, 3.05) is 10.6 Å². The Morgan fingerprint density at radius 3 is 2.47 bits per heavy atom. The highest BCUT2D eigenvalue weighted by atomic mass is 35.5. The van der Waals surface area contributed by atoms with Gasteiger partial charge in [-0.2, -0.15) is 9.90 Å². The minimum Gasteiger partial charge on any atom is -0.324 e. The number of carbonyl (C=O) groups is 2. The van der Waals surface area contributed by atoms with Crippen LogP contribution in [0.2, 0.25) is 5.02 Å². The standard InChI is InChI=1S/C23H23ClN8O2/c1-14-11-15(2)32(28-14)16(3)23(34)26-20-10-9-18(12-19(20)24)25-21(33)13-31-29-22(27-30-31)17-7-5-4-6-8-17/h4-12,16H,13H2,1-3H3,(H,25,33)(H,26,34). The Kier molecular flexibility index (Phi) is 6.69. The SMILES string of the molecule is Cc1cc(C)n(C(C)C(=O)Nc2ccc(NC(=O)Cn3nnc(-c4ccccc4)n3)cc2Cl)n1. The number of benzene rings is 2. The Balaban J connectivity index is 1.36. The molecule has 0 aliphatic heterocycles. The lowest BCUT2D eigenvalue weighted by Gasteiger charge is -2.15. The second-order valence-electron chi connectivity index (χ2n) is 7.79. The van der Waals surface area contributed by atoms with Crippen molar-refractivity contribution in [3.63, 3.8) is 0 Å². The summed E-state index contributed by atoms with van der Waals surface area (Å²) < 4.78 is 1.66. The molecule has 11 heteroatoms. The number of halogens is 1. The maximum absolute atomic E-state index is 12.7. The topological polar surface area (TPSA) is 120 Å². The molecule has 0 saturated heterocycles. The average Bonchev–Trinajstić information content (AvgIpc) is 3.41. The molecule has 2 aromatic carbocycles. The normalized spacial score (nSPS) is 11.8. The van der Waals surface area contributed by atoms with Crippen LogP contribution >= 0.6 is 11.6 Å². The van der Waals surface area contributed by atoms with Crippen LogP contribution < -0.4 is 10.6 Å². The third kappa shape index (κ3) is 5.29. The molecule has 0 saturated carbocycles. The third-order valence-electron chi connectivity index (χ3n) is 5.07. The van der Waals surface area contributed by atoms with Gasteiger partial charge in [0.1, 0.15) is 12.6 Å². The minimum absolute atomic E-state index is 0.115. The predicted molar refractivity (Wildman–Crippen MR) is 128 cm³/mol. The Morgan fingerprint density at radius 1 is 1.03 bits per heavy atom. The van der Waals surface area contributed by atoms with E-state index in [1.165, 1.54) is 4.80 Å². The van der Waals surface area contributed by atoms with E-state index in [9.17, 15) is 9.59 Å². The lowest BCUT2D eigenvalue weighted by Crippen LogP contribution is -2.25. The maximum Gasteiger partial charge on any atom is 0.248 e.